The van der Waals surface area contributed by atoms with Crippen molar-refractivity contribution >= 4 is 11.0 Å². The van der Waals surface area contributed by atoms with Gasteiger partial charge in [-0.05, 0) is 29.9 Å². The van der Waals surface area contributed by atoms with Gasteiger partial charge in [0.15, 0.2) is 0 Å². The van der Waals surface area contributed by atoms with Crippen LogP contribution in [-0.4, -0.2) is 9.55 Å². The zero-order valence-electron chi connectivity index (χ0n) is 21.7. The maximum Gasteiger partial charge on any atom is 3.00 e. The fourth-order valence-corrected chi connectivity index (χ4v) is 4.26. The Bertz CT molecular complexity index is 1430. The summed E-state index contributed by atoms with van der Waals surface area (Å²) in [4.78, 5) is 4.22. The van der Waals surface area contributed by atoms with Crippen LogP contribution in [0.2, 0.25) is 0 Å². The van der Waals surface area contributed by atoms with E-state index in [1.165, 1.54) is 17.5 Å². The van der Waals surface area contributed by atoms with E-state index in [0.29, 0.717) is 0 Å². The predicted octanol–water partition coefficient (Wildman–Crippen LogP) is 7.27. The first-order chi connectivity index (χ1) is 17.5. The standard InChI is InChI=1S/C21H23N2O.C11H8N.Ir/c1-5-6-12-22-14-23-16-11-10-15(21(2,3)4)13-19(16)24-18-9-7-8-17(22)20(18)23;1-2-6-10(7-3-1)11-8-4-5-9-12-11;/h7-10,13H,5-6,12H2,1-4H3;1-6,8-9H;/q2*-1;+3. The van der Waals surface area contributed by atoms with Gasteiger partial charge in [-0.1, -0.05) is 63.8 Å². The number of rotatable bonds is 4. The van der Waals surface area contributed by atoms with Crippen LogP contribution in [0, 0.1) is 18.5 Å². The minimum atomic E-state index is 0. The van der Waals surface area contributed by atoms with E-state index < -0.39 is 0 Å². The molecule has 0 spiro atoms. The summed E-state index contributed by atoms with van der Waals surface area (Å²) in [5.41, 5.74) is 6.50. The third-order valence-corrected chi connectivity index (χ3v) is 6.29. The molecule has 0 saturated carbocycles. The number of hydrogen-bond acceptors (Lipinski definition) is 2. The van der Waals surface area contributed by atoms with Crippen molar-refractivity contribution in [3.8, 4) is 28.4 Å². The molecule has 0 atom stereocenters. The summed E-state index contributed by atoms with van der Waals surface area (Å²) >= 11 is 0. The molecule has 5 aromatic rings. The fraction of sp³-hybridized carbons (Fsp3) is 0.250. The molecule has 37 heavy (non-hydrogen) atoms. The number of para-hydroxylation sites is 1. The van der Waals surface area contributed by atoms with Gasteiger partial charge in [-0.25, -0.2) is 0 Å². The Balaban J connectivity index is 0.000000208. The number of hydrogen-bond donors (Lipinski definition) is 0. The maximum absolute atomic E-state index is 6.22. The van der Waals surface area contributed by atoms with Crippen molar-refractivity contribution in [1.82, 2.24) is 9.55 Å². The van der Waals surface area contributed by atoms with Gasteiger partial charge in [0.05, 0.1) is 17.6 Å². The normalized spacial score (nSPS) is 11.6. The van der Waals surface area contributed by atoms with Crippen LogP contribution in [0.15, 0.2) is 79.0 Å². The van der Waals surface area contributed by atoms with Gasteiger partial charge in [0.2, 0.25) is 6.33 Å². The van der Waals surface area contributed by atoms with Gasteiger partial charge in [0.1, 0.15) is 5.75 Å². The van der Waals surface area contributed by atoms with E-state index in [0.717, 1.165) is 46.9 Å². The van der Waals surface area contributed by atoms with Crippen molar-refractivity contribution < 1.29 is 29.4 Å². The van der Waals surface area contributed by atoms with E-state index in [2.05, 4.69) is 84.5 Å². The Labute approximate surface area is 233 Å². The minimum Gasteiger partial charge on any atom is -0.527 e. The molecule has 4 nitrogen and oxygen atoms in total. The van der Waals surface area contributed by atoms with E-state index in [1.807, 2.05) is 48.5 Å². The SMILES string of the molecule is CCCCn1[c-][n+]2c3c(cccc31)Oc1cc(C(C)(C)C)c[c-]c1-2.[Ir+3].[c-]1ccccc1-c1ccccn1. The summed E-state index contributed by atoms with van der Waals surface area (Å²) in [6.07, 6.45) is 7.60. The van der Waals surface area contributed by atoms with Crippen LogP contribution in [0.4, 0.5) is 0 Å². The van der Waals surface area contributed by atoms with Crippen LogP contribution in [-0.2, 0) is 32.1 Å². The van der Waals surface area contributed by atoms with Crippen LogP contribution < -0.4 is 9.30 Å². The second-order valence-corrected chi connectivity index (χ2v) is 10.0. The minimum absolute atomic E-state index is 0. The Morgan fingerprint density at radius 2 is 1.81 bits per heavy atom. The van der Waals surface area contributed by atoms with Crippen molar-refractivity contribution in [2.24, 2.45) is 0 Å². The fourth-order valence-electron chi connectivity index (χ4n) is 4.26. The Kier molecular flexibility index (Phi) is 8.26. The number of benzene rings is 3. The average molecular weight is 666 g/mol. The first-order valence-corrected chi connectivity index (χ1v) is 12.5. The molecule has 0 aliphatic carbocycles. The molecule has 2 aromatic heterocycles. The second kappa shape index (κ2) is 11.4. The Hall–Kier alpha value is -3.27. The van der Waals surface area contributed by atoms with Gasteiger partial charge in [-0.3, -0.25) is 0 Å². The van der Waals surface area contributed by atoms with Gasteiger partial charge >= 0.3 is 20.1 Å². The molecule has 1 aliphatic rings. The van der Waals surface area contributed by atoms with Crippen LogP contribution in [0.25, 0.3) is 28.0 Å². The van der Waals surface area contributed by atoms with Crippen LogP contribution >= 0.6 is 0 Å². The third kappa shape index (κ3) is 5.69. The van der Waals surface area contributed by atoms with Crippen LogP contribution in [0.3, 0.4) is 0 Å². The van der Waals surface area contributed by atoms with Crippen molar-refractivity contribution in [3.63, 3.8) is 0 Å². The smallest absolute Gasteiger partial charge is 0.527 e. The molecular weight excluding hydrogens is 635 g/mol. The van der Waals surface area contributed by atoms with Gasteiger partial charge in [0, 0.05) is 11.9 Å². The number of pyridine rings is 1. The van der Waals surface area contributed by atoms with Gasteiger partial charge in [0.25, 0.3) is 0 Å². The first kappa shape index (κ1) is 26.8. The molecule has 0 amide bonds. The molecule has 188 valence electrons. The van der Waals surface area contributed by atoms with E-state index in [1.54, 1.807) is 6.20 Å². The first-order valence-electron chi connectivity index (χ1n) is 12.5. The number of aromatic nitrogens is 3. The molecule has 6 rings (SSSR count). The van der Waals surface area contributed by atoms with Crippen molar-refractivity contribution in [1.29, 1.82) is 0 Å². The molecule has 5 heteroatoms. The third-order valence-electron chi connectivity index (χ3n) is 6.29. The number of unbranched alkanes of at least 4 members (excludes halogenated alkanes) is 1. The van der Waals surface area contributed by atoms with Crippen LogP contribution in [0.1, 0.15) is 46.1 Å². The molecule has 0 radical (unpaired) electrons. The summed E-state index contributed by atoms with van der Waals surface area (Å²) in [6.45, 7) is 9.80. The zero-order chi connectivity index (χ0) is 25.1. The Morgan fingerprint density at radius 3 is 2.51 bits per heavy atom. The largest absolute Gasteiger partial charge is 3.00 e. The molecule has 0 unspecified atom stereocenters. The molecule has 0 bridgehead atoms. The quantitative estimate of drug-likeness (QED) is 0.147. The number of nitrogens with zero attached hydrogens (tertiary/aromatic N) is 3. The van der Waals surface area contributed by atoms with E-state index in [4.69, 9.17) is 4.74 Å². The van der Waals surface area contributed by atoms with Gasteiger partial charge < -0.3 is 18.9 Å². The molecule has 0 fully saturated rings. The zero-order valence-corrected chi connectivity index (χ0v) is 24.1. The molecule has 3 heterocycles. The van der Waals surface area contributed by atoms with E-state index >= 15 is 0 Å². The summed E-state index contributed by atoms with van der Waals surface area (Å²) < 4.78 is 10.5. The summed E-state index contributed by atoms with van der Waals surface area (Å²) in [7, 11) is 0. The predicted molar refractivity (Wildman–Crippen MR) is 143 cm³/mol. The summed E-state index contributed by atoms with van der Waals surface area (Å²) in [6, 6.07) is 30.7. The number of fused-ring (bicyclic) bond motifs is 2. The monoisotopic (exact) mass is 666 g/mol. The van der Waals surface area contributed by atoms with Crippen LogP contribution in [0.5, 0.6) is 11.5 Å². The van der Waals surface area contributed by atoms with E-state index in [9.17, 15) is 0 Å². The van der Waals surface area contributed by atoms with Gasteiger partial charge in [-0.2, -0.15) is 12.1 Å². The number of imidazole rings is 1. The maximum atomic E-state index is 6.22. The summed E-state index contributed by atoms with van der Waals surface area (Å²) in [5.74, 6) is 1.75. The van der Waals surface area contributed by atoms with E-state index in [-0.39, 0.29) is 25.5 Å². The molecule has 1 aliphatic heterocycles. The number of ether oxygens (including phenoxy) is 1. The van der Waals surface area contributed by atoms with Gasteiger partial charge in [-0.15, -0.1) is 47.5 Å². The second-order valence-electron chi connectivity index (χ2n) is 10.0. The van der Waals surface area contributed by atoms with Crippen molar-refractivity contribution in [2.75, 3.05) is 0 Å². The summed E-state index contributed by atoms with van der Waals surface area (Å²) in [5, 5.41) is 0. The Morgan fingerprint density at radius 1 is 0.973 bits per heavy atom. The molecule has 0 N–H and O–H groups in total. The van der Waals surface area contributed by atoms with Crippen molar-refractivity contribution in [2.45, 2.75) is 52.5 Å². The number of aryl methyl sites for hydroxylation is 1. The molecule has 3 aromatic carbocycles. The molecule has 0 saturated heterocycles. The topological polar surface area (TPSA) is 30.9 Å². The average Bonchev–Trinajstić information content (AvgIpc) is 3.28. The molecular formula is C32H31IrN3O+. The van der Waals surface area contributed by atoms with Crippen molar-refractivity contribution in [3.05, 3.63) is 103 Å².